The third kappa shape index (κ3) is 3.23. The summed E-state index contributed by atoms with van der Waals surface area (Å²) >= 11 is 0. The SMILES string of the molecule is C[C@@H](CCC(=O)[O-])[C@H]1CC[C@@H]2[C@H]3[C@H](O)C[C@@H]4CC5(CC[C@]4(C)[C@H]3CC(=O)[C@@]21C)OCCO5. The Kier molecular flexibility index (Phi) is 5.54. The monoisotopic (exact) mass is 447 g/mol. The molecule has 5 rings (SSSR count). The molecular weight excluding hydrogens is 408 g/mol. The van der Waals surface area contributed by atoms with Crippen LogP contribution in [-0.4, -0.2) is 42.0 Å². The van der Waals surface area contributed by atoms with E-state index in [0.717, 1.165) is 38.5 Å². The lowest BCUT2D eigenvalue weighted by Gasteiger charge is -2.62. The maximum atomic E-state index is 13.8. The first-order valence-electron chi connectivity index (χ1n) is 12.8. The van der Waals surface area contributed by atoms with Gasteiger partial charge in [0.25, 0.3) is 0 Å². The van der Waals surface area contributed by atoms with E-state index in [1.54, 1.807) is 0 Å². The van der Waals surface area contributed by atoms with Crippen LogP contribution in [-0.2, 0) is 19.1 Å². The van der Waals surface area contributed by atoms with Crippen molar-refractivity contribution in [3.05, 3.63) is 0 Å². The van der Waals surface area contributed by atoms with Crippen LogP contribution in [0.2, 0.25) is 0 Å². The van der Waals surface area contributed by atoms with Crippen LogP contribution in [0, 0.1) is 46.3 Å². The van der Waals surface area contributed by atoms with E-state index < -0.39 is 23.3 Å². The number of carbonyl (C=O) groups is 2. The van der Waals surface area contributed by atoms with Gasteiger partial charge in [0.2, 0.25) is 0 Å². The molecule has 0 radical (unpaired) electrons. The number of hydrogen-bond donors (Lipinski definition) is 1. The second-order valence-corrected chi connectivity index (χ2v) is 12.1. The molecule has 1 saturated heterocycles. The molecule has 0 bridgehead atoms. The van der Waals surface area contributed by atoms with E-state index in [2.05, 4.69) is 20.8 Å². The average Bonchev–Trinajstić information content (AvgIpc) is 3.34. The van der Waals surface area contributed by atoms with E-state index >= 15 is 0 Å². The highest BCUT2D eigenvalue weighted by atomic mass is 16.7. The van der Waals surface area contributed by atoms with E-state index in [9.17, 15) is 19.8 Å². The van der Waals surface area contributed by atoms with Gasteiger partial charge in [0, 0.05) is 30.6 Å². The van der Waals surface area contributed by atoms with Crippen molar-refractivity contribution >= 4 is 11.8 Å². The van der Waals surface area contributed by atoms with Gasteiger partial charge in [0.1, 0.15) is 5.78 Å². The van der Waals surface area contributed by atoms with Crippen LogP contribution < -0.4 is 5.11 Å². The van der Waals surface area contributed by atoms with Gasteiger partial charge in [-0.2, -0.15) is 0 Å². The first kappa shape index (κ1) is 22.8. The number of aliphatic carboxylic acids is 1. The Labute approximate surface area is 191 Å². The van der Waals surface area contributed by atoms with Crippen molar-refractivity contribution in [3.63, 3.8) is 0 Å². The van der Waals surface area contributed by atoms with E-state index in [0.29, 0.717) is 37.8 Å². The maximum absolute atomic E-state index is 13.8. The third-order valence-corrected chi connectivity index (χ3v) is 10.9. The number of ketones is 1. The topological polar surface area (TPSA) is 95.9 Å². The van der Waals surface area contributed by atoms with Crippen LogP contribution in [0.1, 0.15) is 78.6 Å². The lowest BCUT2D eigenvalue weighted by molar-refractivity contribution is -0.306. The van der Waals surface area contributed by atoms with Gasteiger partial charge >= 0.3 is 0 Å². The summed E-state index contributed by atoms with van der Waals surface area (Å²) in [6, 6.07) is 0. The van der Waals surface area contributed by atoms with Crippen LogP contribution in [0.15, 0.2) is 0 Å². The quantitative estimate of drug-likeness (QED) is 0.712. The second-order valence-electron chi connectivity index (χ2n) is 12.1. The molecule has 6 nitrogen and oxygen atoms in total. The Hall–Kier alpha value is -0.980. The molecule has 5 aliphatic rings. The van der Waals surface area contributed by atoms with Crippen molar-refractivity contribution in [3.8, 4) is 0 Å². The standard InChI is InChI=1S/C26H40O6/c1-15(4-7-22(29)30)17-5-6-18-23-19(13-21(28)25(17,18)3)24(2)8-9-26(31-10-11-32-26)14-16(24)12-20(23)27/h15-20,23,27H,4-14H2,1-3H3,(H,29,30)/p-1/t15-,16+,17+,18+,19-,20+,23+,24-,25+/m0/s1. The van der Waals surface area contributed by atoms with E-state index in [-0.39, 0.29) is 41.4 Å². The number of hydrogen-bond acceptors (Lipinski definition) is 6. The smallest absolute Gasteiger partial charge is 0.168 e. The van der Waals surface area contributed by atoms with Crippen molar-refractivity contribution < 1.29 is 29.3 Å². The minimum Gasteiger partial charge on any atom is -0.550 e. The molecule has 180 valence electrons. The number of aliphatic hydroxyl groups excluding tert-OH is 1. The molecule has 32 heavy (non-hydrogen) atoms. The minimum atomic E-state index is -1.02. The zero-order chi connectivity index (χ0) is 22.9. The lowest BCUT2D eigenvalue weighted by atomic mass is 9.43. The lowest BCUT2D eigenvalue weighted by Crippen LogP contribution is -2.62. The number of aliphatic hydroxyl groups is 1. The minimum absolute atomic E-state index is 0.0279. The summed E-state index contributed by atoms with van der Waals surface area (Å²) in [7, 11) is 0. The normalized spacial score (nSPS) is 48.2. The van der Waals surface area contributed by atoms with Crippen molar-refractivity contribution in [2.24, 2.45) is 46.3 Å². The fraction of sp³-hybridized carbons (Fsp3) is 0.923. The van der Waals surface area contributed by atoms with Crippen molar-refractivity contribution in [1.82, 2.24) is 0 Å². The molecule has 1 N–H and O–H groups in total. The molecular formula is C26H39O6-. The van der Waals surface area contributed by atoms with Gasteiger partial charge in [-0.05, 0) is 79.4 Å². The molecule has 0 amide bonds. The molecule has 4 aliphatic carbocycles. The van der Waals surface area contributed by atoms with Crippen LogP contribution in [0.3, 0.4) is 0 Å². The fourth-order valence-corrected chi connectivity index (χ4v) is 9.13. The number of carboxylic acid groups (broad SMARTS) is 1. The highest BCUT2D eigenvalue weighted by Crippen LogP contribution is 2.68. The molecule has 0 unspecified atom stereocenters. The third-order valence-electron chi connectivity index (χ3n) is 10.9. The first-order chi connectivity index (χ1) is 15.1. The van der Waals surface area contributed by atoms with Crippen LogP contribution in [0.25, 0.3) is 0 Å². The summed E-state index contributed by atoms with van der Waals surface area (Å²) in [5, 5.41) is 22.5. The summed E-state index contributed by atoms with van der Waals surface area (Å²) in [5.74, 6) is 0.0550. The van der Waals surface area contributed by atoms with Crippen LogP contribution >= 0.6 is 0 Å². The van der Waals surface area contributed by atoms with Crippen molar-refractivity contribution in [2.75, 3.05) is 13.2 Å². The number of fused-ring (bicyclic) bond motifs is 5. The van der Waals surface area contributed by atoms with E-state index in [1.807, 2.05) is 0 Å². The molecule has 5 fully saturated rings. The van der Waals surface area contributed by atoms with E-state index in [4.69, 9.17) is 9.47 Å². The zero-order valence-electron chi connectivity index (χ0n) is 19.8. The van der Waals surface area contributed by atoms with E-state index in [1.165, 1.54) is 0 Å². The Morgan fingerprint density at radius 3 is 2.59 bits per heavy atom. The van der Waals surface area contributed by atoms with Gasteiger partial charge in [0.05, 0.1) is 19.3 Å². The van der Waals surface area contributed by atoms with Gasteiger partial charge in [0.15, 0.2) is 5.79 Å². The van der Waals surface area contributed by atoms with Crippen LogP contribution in [0.4, 0.5) is 0 Å². The molecule has 1 spiro atoms. The molecule has 9 atom stereocenters. The number of carbonyl (C=O) groups excluding carboxylic acids is 2. The first-order valence-corrected chi connectivity index (χ1v) is 12.8. The number of Topliss-reactive ketones (excluding diaryl/α,β-unsaturated/α-hetero) is 1. The summed E-state index contributed by atoms with van der Waals surface area (Å²) in [5.41, 5.74) is -0.426. The molecule has 6 heteroatoms. The molecule has 0 aromatic heterocycles. The fourth-order valence-electron chi connectivity index (χ4n) is 9.13. The summed E-state index contributed by atoms with van der Waals surface area (Å²) in [6.07, 6.45) is 6.09. The highest BCUT2D eigenvalue weighted by molar-refractivity contribution is 5.87. The highest BCUT2D eigenvalue weighted by Gasteiger charge is 2.67. The van der Waals surface area contributed by atoms with Gasteiger partial charge in [-0.3, -0.25) is 4.79 Å². The summed E-state index contributed by atoms with van der Waals surface area (Å²) in [6.45, 7) is 7.87. The Balaban J connectivity index is 1.40. The van der Waals surface area contributed by atoms with Crippen molar-refractivity contribution in [2.45, 2.75) is 90.4 Å². The predicted octanol–water partition coefficient (Wildman–Crippen LogP) is 2.70. The van der Waals surface area contributed by atoms with Gasteiger partial charge in [-0.15, -0.1) is 0 Å². The Morgan fingerprint density at radius 2 is 1.91 bits per heavy atom. The van der Waals surface area contributed by atoms with Gasteiger partial charge in [-0.25, -0.2) is 0 Å². The maximum Gasteiger partial charge on any atom is 0.168 e. The number of ether oxygens (including phenoxy) is 2. The molecule has 1 heterocycles. The molecule has 4 saturated carbocycles. The predicted molar refractivity (Wildman–Crippen MR) is 115 cm³/mol. The largest absolute Gasteiger partial charge is 0.550 e. The number of carboxylic acids is 1. The van der Waals surface area contributed by atoms with Crippen molar-refractivity contribution in [1.29, 1.82) is 0 Å². The van der Waals surface area contributed by atoms with Crippen LogP contribution in [0.5, 0.6) is 0 Å². The zero-order valence-corrected chi connectivity index (χ0v) is 19.8. The molecule has 0 aromatic carbocycles. The molecule has 1 aliphatic heterocycles. The number of rotatable bonds is 4. The van der Waals surface area contributed by atoms with Gasteiger partial charge in [-0.1, -0.05) is 20.8 Å². The van der Waals surface area contributed by atoms with Gasteiger partial charge < -0.3 is 24.5 Å². The second kappa shape index (κ2) is 7.78. The Bertz CT molecular complexity index is 774. The molecule has 0 aromatic rings. The summed E-state index contributed by atoms with van der Waals surface area (Å²) in [4.78, 5) is 24.8. The summed E-state index contributed by atoms with van der Waals surface area (Å²) < 4.78 is 12.0. The average molecular weight is 448 g/mol. The Morgan fingerprint density at radius 1 is 1.19 bits per heavy atom.